The molecule has 3 rings (SSSR count). The smallest absolute Gasteiger partial charge is 0.313 e. The van der Waals surface area contributed by atoms with Crippen molar-refractivity contribution < 1.29 is 14.4 Å². The monoisotopic (exact) mass is 379 g/mol. The predicted octanol–water partition coefficient (Wildman–Crippen LogP) is 3.17. The lowest BCUT2D eigenvalue weighted by Gasteiger charge is -2.16. The topological polar surface area (TPSA) is 87.3 Å². The van der Waals surface area contributed by atoms with Gasteiger partial charge in [0.25, 0.3) is 5.91 Å². The lowest BCUT2D eigenvalue weighted by atomic mass is 10.1. The van der Waals surface area contributed by atoms with Crippen molar-refractivity contribution in [2.45, 2.75) is 44.7 Å². The average Bonchev–Trinajstić information content (AvgIpc) is 3.22. The molecule has 28 heavy (non-hydrogen) atoms. The zero-order valence-corrected chi connectivity index (χ0v) is 15.9. The number of anilines is 1. The molecular formula is C22H25N3O3. The number of nitrogens with one attached hydrogen (secondary N) is 3. The molecule has 3 amide bonds. The number of rotatable bonds is 5. The van der Waals surface area contributed by atoms with Crippen LogP contribution in [0.1, 0.15) is 54.6 Å². The molecule has 0 spiro atoms. The van der Waals surface area contributed by atoms with Gasteiger partial charge in [0.15, 0.2) is 0 Å². The fourth-order valence-corrected chi connectivity index (χ4v) is 3.39. The molecule has 0 aliphatic heterocycles. The molecule has 2 aromatic rings. The van der Waals surface area contributed by atoms with Crippen molar-refractivity contribution in [3.8, 4) is 0 Å². The number of amides is 3. The standard InChI is InChI=1S/C22H25N3O3/c1-15(16-9-3-2-4-10-16)23-21(27)22(28)25-19-14-8-7-13-18(19)20(26)24-17-11-5-6-12-17/h2-4,7-10,13-15,17H,5-6,11-12H2,1H3,(H,23,27)(H,24,26)(H,25,28)/t15-/m1/s1. The molecule has 1 aliphatic carbocycles. The van der Waals surface area contributed by atoms with Crippen LogP contribution in [-0.2, 0) is 9.59 Å². The minimum absolute atomic E-state index is 0.172. The lowest BCUT2D eigenvalue weighted by Crippen LogP contribution is -2.38. The molecule has 0 unspecified atom stereocenters. The quantitative estimate of drug-likeness (QED) is 0.697. The first-order valence-corrected chi connectivity index (χ1v) is 9.61. The van der Waals surface area contributed by atoms with E-state index in [-0.39, 0.29) is 18.0 Å². The van der Waals surface area contributed by atoms with Gasteiger partial charge in [-0.2, -0.15) is 0 Å². The third-order valence-electron chi connectivity index (χ3n) is 4.96. The van der Waals surface area contributed by atoms with Crippen LogP contribution in [0.15, 0.2) is 54.6 Å². The fraction of sp³-hybridized carbons (Fsp3) is 0.318. The molecule has 6 nitrogen and oxygen atoms in total. The van der Waals surface area contributed by atoms with Crippen molar-refractivity contribution >= 4 is 23.4 Å². The molecule has 146 valence electrons. The van der Waals surface area contributed by atoms with Crippen LogP contribution in [0.3, 0.4) is 0 Å². The Labute approximate surface area is 164 Å². The van der Waals surface area contributed by atoms with Gasteiger partial charge in [-0.1, -0.05) is 55.3 Å². The van der Waals surface area contributed by atoms with Gasteiger partial charge in [-0.15, -0.1) is 0 Å². The van der Waals surface area contributed by atoms with E-state index in [0.717, 1.165) is 31.2 Å². The maximum atomic E-state index is 12.6. The summed E-state index contributed by atoms with van der Waals surface area (Å²) < 4.78 is 0. The molecule has 6 heteroatoms. The van der Waals surface area contributed by atoms with Gasteiger partial charge in [0.2, 0.25) is 0 Å². The van der Waals surface area contributed by atoms with Gasteiger partial charge in [-0.05, 0) is 37.5 Å². The number of para-hydroxylation sites is 1. The van der Waals surface area contributed by atoms with Crippen molar-refractivity contribution in [3.05, 3.63) is 65.7 Å². The molecule has 0 aromatic heterocycles. The molecule has 2 aromatic carbocycles. The van der Waals surface area contributed by atoms with Crippen molar-refractivity contribution in [1.29, 1.82) is 0 Å². The van der Waals surface area contributed by atoms with Gasteiger partial charge in [0.1, 0.15) is 0 Å². The molecule has 0 heterocycles. The first-order valence-electron chi connectivity index (χ1n) is 9.61. The summed E-state index contributed by atoms with van der Waals surface area (Å²) in [6.07, 6.45) is 4.17. The van der Waals surface area contributed by atoms with Gasteiger partial charge in [0.05, 0.1) is 17.3 Å². The number of carbonyl (C=O) groups excluding carboxylic acids is 3. The van der Waals surface area contributed by atoms with E-state index in [1.165, 1.54) is 0 Å². The van der Waals surface area contributed by atoms with Crippen molar-refractivity contribution in [1.82, 2.24) is 10.6 Å². The summed E-state index contributed by atoms with van der Waals surface area (Å²) in [6.45, 7) is 1.81. The van der Waals surface area contributed by atoms with Gasteiger partial charge < -0.3 is 16.0 Å². The Balaban J connectivity index is 1.63. The highest BCUT2D eigenvalue weighted by Gasteiger charge is 2.22. The van der Waals surface area contributed by atoms with E-state index in [0.29, 0.717) is 11.3 Å². The number of hydrogen-bond donors (Lipinski definition) is 3. The summed E-state index contributed by atoms with van der Waals surface area (Å²) in [6, 6.07) is 16.0. The van der Waals surface area contributed by atoms with Crippen molar-refractivity contribution in [3.63, 3.8) is 0 Å². The van der Waals surface area contributed by atoms with E-state index < -0.39 is 11.8 Å². The number of hydrogen-bond acceptors (Lipinski definition) is 3. The molecular weight excluding hydrogens is 354 g/mol. The third kappa shape index (κ3) is 4.97. The molecule has 1 atom stereocenters. The van der Waals surface area contributed by atoms with Crippen LogP contribution in [0.4, 0.5) is 5.69 Å². The minimum Gasteiger partial charge on any atom is -0.349 e. The first kappa shape index (κ1) is 19.6. The van der Waals surface area contributed by atoms with Crippen LogP contribution >= 0.6 is 0 Å². The van der Waals surface area contributed by atoms with Crippen LogP contribution in [-0.4, -0.2) is 23.8 Å². The highest BCUT2D eigenvalue weighted by Crippen LogP contribution is 2.20. The Morgan fingerprint density at radius 1 is 0.893 bits per heavy atom. The van der Waals surface area contributed by atoms with Gasteiger partial charge in [-0.25, -0.2) is 0 Å². The van der Waals surface area contributed by atoms with E-state index in [9.17, 15) is 14.4 Å². The van der Waals surface area contributed by atoms with Crippen molar-refractivity contribution in [2.24, 2.45) is 0 Å². The Morgan fingerprint density at radius 3 is 2.25 bits per heavy atom. The van der Waals surface area contributed by atoms with E-state index >= 15 is 0 Å². The normalized spacial score (nSPS) is 14.9. The summed E-state index contributed by atoms with van der Waals surface area (Å²) in [7, 11) is 0. The SMILES string of the molecule is C[C@@H](NC(=O)C(=O)Nc1ccccc1C(=O)NC1CCCC1)c1ccccc1. The molecule has 1 aliphatic rings. The van der Waals surface area contributed by atoms with Gasteiger partial charge in [0, 0.05) is 6.04 Å². The van der Waals surface area contributed by atoms with Crippen LogP contribution in [0.2, 0.25) is 0 Å². The third-order valence-corrected chi connectivity index (χ3v) is 4.96. The Hall–Kier alpha value is -3.15. The highest BCUT2D eigenvalue weighted by molar-refractivity contribution is 6.40. The summed E-state index contributed by atoms with van der Waals surface area (Å²) in [5, 5.41) is 8.23. The maximum Gasteiger partial charge on any atom is 0.313 e. The van der Waals surface area contributed by atoms with E-state index in [1.54, 1.807) is 24.3 Å². The Morgan fingerprint density at radius 2 is 1.54 bits per heavy atom. The fourth-order valence-electron chi connectivity index (χ4n) is 3.39. The Kier molecular flexibility index (Phi) is 6.42. The zero-order chi connectivity index (χ0) is 19.9. The van der Waals surface area contributed by atoms with E-state index in [2.05, 4.69) is 16.0 Å². The number of carbonyl (C=O) groups is 3. The van der Waals surface area contributed by atoms with E-state index in [4.69, 9.17) is 0 Å². The van der Waals surface area contributed by atoms with Crippen LogP contribution in [0.25, 0.3) is 0 Å². The summed E-state index contributed by atoms with van der Waals surface area (Å²) in [4.78, 5) is 37.2. The highest BCUT2D eigenvalue weighted by atomic mass is 16.2. The predicted molar refractivity (Wildman–Crippen MR) is 108 cm³/mol. The summed E-state index contributed by atoms with van der Waals surface area (Å²) in [5.41, 5.74) is 1.58. The van der Waals surface area contributed by atoms with Crippen molar-refractivity contribution in [2.75, 3.05) is 5.32 Å². The molecule has 0 bridgehead atoms. The van der Waals surface area contributed by atoms with Crippen LogP contribution in [0.5, 0.6) is 0 Å². The summed E-state index contributed by atoms with van der Waals surface area (Å²) >= 11 is 0. The van der Waals surface area contributed by atoms with Gasteiger partial charge in [-0.3, -0.25) is 14.4 Å². The largest absolute Gasteiger partial charge is 0.349 e. The van der Waals surface area contributed by atoms with Crippen LogP contribution < -0.4 is 16.0 Å². The average molecular weight is 379 g/mol. The van der Waals surface area contributed by atoms with Crippen LogP contribution in [0, 0.1) is 0 Å². The molecule has 0 radical (unpaired) electrons. The zero-order valence-electron chi connectivity index (χ0n) is 15.9. The second-order valence-electron chi connectivity index (χ2n) is 7.06. The second kappa shape index (κ2) is 9.17. The first-order chi connectivity index (χ1) is 13.5. The Bertz CT molecular complexity index is 845. The van der Waals surface area contributed by atoms with Gasteiger partial charge >= 0.3 is 11.8 Å². The number of benzene rings is 2. The molecule has 0 saturated heterocycles. The molecule has 1 fully saturated rings. The maximum absolute atomic E-state index is 12.6. The molecule has 1 saturated carbocycles. The minimum atomic E-state index is -0.802. The lowest BCUT2D eigenvalue weighted by molar-refractivity contribution is -0.136. The molecule has 3 N–H and O–H groups in total. The van der Waals surface area contributed by atoms with E-state index in [1.807, 2.05) is 37.3 Å². The second-order valence-corrected chi connectivity index (χ2v) is 7.06. The summed E-state index contributed by atoms with van der Waals surface area (Å²) in [5.74, 6) is -1.79.